The molecule has 1 aromatic rings. The van der Waals surface area contributed by atoms with E-state index in [9.17, 15) is 4.79 Å². The first kappa shape index (κ1) is 22.3. The third-order valence-corrected chi connectivity index (χ3v) is 6.70. The van der Waals surface area contributed by atoms with Crippen LogP contribution in [0.3, 0.4) is 0 Å². The lowest BCUT2D eigenvalue weighted by atomic mass is 9.79. The second kappa shape index (κ2) is 11.7. The van der Waals surface area contributed by atoms with Gasteiger partial charge in [-0.05, 0) is 56.3 Å². The fourth-order valence-corrected chi connectivity index (χ4v) is 5.05. The van der Waals surface area contributed by atoms with Crippen LogP contribution in [0.4, 0.5) is 0 Å². The highest BCUT2D eigenvalue weighted by molar-refractivity contribution is 5.75. The van der Waals surface area contributed by atoms with Crippen LogP contribution in [0.1, 0.15) is 45.1 Å². The Bertz CT molecular complexity index is 604. The van der Waals surface area contributed by atoms with Gasteiger partial charge in [0.05, 0.1) is 0 Å². The lowest BCUT2D eigenvalue weighted by molar-refractivity contribution is -0.121. The van der Waals surface area contributed by atoms with Crippen molar-refractivity contribution in [2.24, 2.45) is 11.8 Å². The Kier molecular flexibility index (Phi) is 8.96. The molecule has 0 unspecified atom stereocenters. The molecule has 0 radical (unpaired) electrons. The predicted octanol–water partition coefficient (Wildman–Crippen LogP) is 2.72. The number of nitrogens with zero attached hydrogens (tertiary/aromatic N) is 2. The van der Waals surface area contributed by atoms with Gasteiger partial charge < -0.3 is 15.5 Å². The molecule has 0 aliphatic carbocycles. The van der Waals surface area contributed by atoms with Gasteiger partial charge in [-0.2, -0.15) is 0 Å². The Labute approximate surface area is 177 Å². The van der Waals surface area contributed by atoms with E-state index in [0.29, 0.717) is 12.5 Å². The number of nitrogens with one attached hydrogen (secondary N) is 2. The molecule has 0 spiro atoms. The first-order valence-electron chi connectivity index (χ1n) is 11.7. The molecule has 2 aliphatic heterocycles. The zero-order valence-corrected chi connectivity index (χ0v) is 18.4. The number of benzene rings is 1. The van der Waals surface area contributed by atoms with E-state index in [1.807, 2.05) is 0 Å². The van der Waals surface area contributed by atoms with E-state index in [4.69, 9.17) is 0 Å². The standard InChI is InChI=1S/C24H40N4O/c1-3-27(4-2)14-13-25-24(29)12-8-11-23-22-15-21(16-26-23)18-28(19-22)17-20-9-6-5-7-10-20/h5-7,9-10,21-23,26H,3-4,8,11-19H2,1-2H3,(H,25,29)/t21-,22+,23+/m0/s1. The number of carbonyl (C=O) groups is 1. The molecule has 0 saturated carbocycles. The monoisotopic (exact) mass is 400 g/mol. The quantitative estimate of drug-likeness (QED) is 0.600. The largest absolute Gasteiger partial charge is 0.355 e. The van der Waals surface area contributed by atoms with Gasteiger partial charge in [0.15, 0.2) is 0 Å². The minimum Gasteiger partial charge on any atom is -0.355 e. The van der Waals surface area contributed by atoms with Gasteiger partial charge in [0.2, 0.25) is 5.91 Å². The molecule has 0 aromatic heterocycles. The number of fused-ring (bicyclic) bond motifs is 2. The number of piperidine rings is 2. The van der Waals surface area contributed by atoms with Gasteiger partial charge in [0.1, 0.15) is 0 Å². The van der Waals surface area contributed by atoms with Gasteiger partial charge in [-0.25, -0.2) is 0 Å². The molecule has 1 aromatic carbocycles. The maximum atomic E-state index is 12.2. The number of rotatable bonds is 11. The summed E-state index contributed by atoms with van der Waals surface area (Å²) < 4.78 is 0. The highest BCUT2D eigenvalue weighted by atomic mass is 16.1. The summed E-state index contributed by atoms with van der Waals surface area (Å²) in [6.07, 6.45) is 4.09. The molecule has 3 rings (SSSR count). The molecule has 5 heteroatoms. The van der Waals surface area contributed by atoms with Gasteiger partial charge in [-0.1, -0.05) is 44.2 Å². The number of hydrogen-bond donors (Lipinski definition) is 2. The van der Waals surface area contributed by atoms with Crippen LogP contribution in [-0.4, -0.2) is 67.6 Å². The Hall–Kier alpha value is -1.43. The Morgan fingerprint density at radius 2 is 2.00 bits per heavy atom. The average Bonchev–Trinajstić information content (AvgIpc) is 2.73. The van der Waals surface area contributed by atoms with Crippen LogP contribution in [0, 0.1) is 11.8 Å². The zero-order chi connectivity index (χ0) is 20.5. The number of likely N-dealkylation sites (tertiary alicyclic amines) is 1. The summed E-state index contributed by atoms with van der Waals surface area (Å²) in [4.78, 5) is 17.1. The van der Waals surface area contributed by atoms with E-state index in [1.165, 1.54) is 25.1 Å². The van der Waals surface area contributed by atoms with Gasteiger partial charge in [0, 0.05) is 45.2 Å². The average molecular weight is 401 g/mol. The number of amides is 1. The van der Waals surface area contributed by atoms with Crippen LogP contribution in [0.25, 0.3) is 0 Å². The first-order chi connectivity index (χ1) is 14.2. The Morgan fingerprint density at radius 1 is 1.21 bits per heavy atom. The van der Waals surface area contributed by atoms with E-state index in [-0.39, 0.29) is 5.91 Å². The van der Waals surface area contributed by atoms with Crippen LogP contribution >= 0.6 is 0 Å². The number of likely N-dealkylation sites (N-methyl/N-ethyl adjacent to an activating group) is 1. The minimum absolute atomic E-state index is 0.209. The molecule has 2 fully saturated rings. The molecule has 3 atom stereocenters. The molecular formula is C24H40N4O. The van der Waals surface area contributed by atoms with Crippen molar-refractivity contribution in [2.75, 3.05) is 45.8 Å². The smallest absolute Gasteiger partial charge is 0.220 e. The minimum atomic E-state index is 0.209. The predicted molar refractivity (Wildman–Crippen MR) is 120 cm³/mol. The molecule has 2 aliphatic rings. The van der Waals surface area contributed by atoms with Gasteiger partial charge in [0.25, 0.3) is 0 Å². The molecule has 2 heterocycles. The highest BCUT2D eigenvalue weighted by Crippen LogP contribution is 2.31. The zero-order valence-electron chi connectivity index (χ0n) is 18.4. The SMILES string of the molecule is CCN(CC)CCNC(=O)CCC[C@H]1NC[C@@H]2C[C@@H]1CN(Cc1ccccc1)C2. The lowest BCUT2D eigenvalue weighted by Gasteiger charge is -2.46. The molecule has 5 nitrogen and oxygen atoms in total. The van der Waals surface area contributed by atoms with E-state index >= 15 is 0 Å². The summed E-state index contributed by atoms with van der Waals surface area (Å²) in [7, 11) is 0. The Balaban J connectivity index is 1.36. The number of hydrogen-bond acceptors (Lipinski definition) is 4. The van der Waals surface area contributed by atoms with Gasteiger partial charge in [-0.3, -0.25) is 9.69 Å². The topological polar surface area (TPSA) is 47.6 Å². The van der Waals surface area contributed by atoms with Crippen molar-refractivity contribution in [1.82, 2.24) is 20.4 Å². The van der Waals surface area contributed by atoms with Crippen LogP contribution in [-0.2, 0) is 11.3 Å². The fraction of sp³-hybridized carbons (Fsp3) is 0.708. The molecular weight excluding hydrogens is 360 g/mol. The van der Waals surface area contributed by atoms with Crippen molar-refractivity contribution in [2.45, 2.75) is 52.1 Å². The van der Waals surface area contributed by atoms with Crippen LogP contribution in [0.2, 0.25) is 0 Å². The molecule has 29 heavy (non-hydrogen) atoms. The molecule has 162 valence electrons. The molecule has 1 amide bonds. The second-order valence-corrected chi connectivity index (χ2v) is 8.83. The maximum absolute atomic E-state index is 12.2. The molecule has 2 saturated heterocycles. The van der Waals surface area contributed by atoms with Crippen LogP contribution in [0.15, 0.2) is 30.3 Å². The Morgan fingerprint density at radius 3 is 2.76 bits per heavy atom. The van der Waals surface area contributed by atoms with Crippen molar-refractivity contribution in [3.63, 3.8) is 0 Å². The summed E-state index contributed by atoms with van der Waals surface area (Å²) in [5.41, 5.74) is 1.42. The lowest BCUT2D eigenvalue weighted by Crippen LogP contribution is -2.55. The summed E-state index contributed by atoms with van der Waals surface area (Å²) in [5.74, 6) is 1.70. The third kappa shape index (κ3) is 7.09. The fourth-order valence-electron chi connectivity index (χ4n) is 5.05. The molecule has 2 bridgehead atoms. The normalized spacial score (nSPS) is 24.6. The van der Waals surface area contributed by atoms with E-state index in [0.717, 1.165) is 63.9 Å². The van der Waals surface area contributed by atoms with Crippen molar-refractivity contribution >= 4 is 5.91 Å². The molecule has 2 N–H and O–H groups in total. The van der Waals surface area contributed by atoms with Gasteiger partial charge in [-0.15, -0.1) is 0 Å². The summed E-state index contributed by atoms with van der Waals surface area (Å²) in [5, 5.41) is 6.88. The summed E-state index contributed by atoms with van der Waals surface area (Å²) in [6.45, 7) is 12.7. The highest BCUT2D eigenvalue weighted by Gasteiger charge is 2.35. The van der Waals surface area contributed by atoms with Crippen LogP contribution in [0.5, 0.6) is 0 Å². The van der Waals surface area contributed by atoms with E-state index in [2.05, 4.69) is 64.6 Å². The number of carbonyl (C=O) groups excluding carboxylic acids is 1. The third-order valence-electron chi connectivity index (χ3n) is 6.70. The van der Waals surface area contributed by atoms with Crippen molar-refractivity contribution < 1.29 is 4.79 Å². The van der Waals surface area contributed by atoms with Gasteiger partial charge >= 0.3 is 0 Å². The van der Waals surface area contributed by atoms with Crippen molar-refractivity contribution in [3.8, 4) is 0 Å². The summed E-state index contributed by atoms with van der Waals surface area (Å²) >= 11 is 0. The van der Waals surface area contributed by atoms with Crippen molar-refractivity contribution in [1.29, 1.82) is 0 Å². The van der Waals surface area contributed by atoms with E-state index in [1.54, 1.807) is 0 Å². The maximum Gasteiger partial charge on any atom is 0.220 e. The van der Waals surface area contributed by atoms with Crippen LogP contribution < -0.4 is 10.6 Å². The van der Waals surface area contributed by atoms with E-state index < -0.39 is 0 Å². The first-order valence-corrected chi connectivity index (χ1v) is 11.7. The second-order valence-electron chi connectivity index (χ2n) is 8.83. The van der Waals surface area contributed by atoms with Crippen molar-refractivity contribution in [3.05, 3.63) is 35.9 Å². The summed E-state index contributed by atoms with van der Waals surface area (Å²) in [6, 6.07) is 11.4.